The number of carbonyl (C=O) groups excluding carboxylic acids is 1. The molecule has 0 aliphatic carbocycles. The molecule has 0 N–H and O–H groups in total. The lowest BCUT2D eigenvalue weighted by Gasteiger charge is -2.38. The van der Waals surface area contributed by atoms with E-state index in [9.17, 15) is 4.79 Å². The van der Waals surface area contributed by atoms with Gasteiger partial charge in [-0.15, -0.1) is 22.7 Å². The summed E-state index contributed by atoms with van der Waals surface area (Å²) in [5.74, 6) is 0.644. The highest BCUT2D eigenvalue weighted by Gasteiger charge is 2.33. The zero-order chi connectivity index (χ0) is 15.1. The highest BCUT2D eigenvalue weighted by Crippen LogP contribution is 2.33. The molecule has 5 heteroatoms. The Bertz CT molecular complexity index is 797. The van der Waals surface area contributed by atoms with Gasteiger partial charge in [-0.2, -0.15) is 0 Å². The van der Waals surface area contributed by atoms with Crippen LogP contribution >= 0.6 is 22.7 Å². The van der Waals surface area contributed by atoms with Gasteiger partial charge in [0, 0.05) is 28.8 Å². The van der Waals surface area contributed by atoms with E-state index < -0.39 is 0 Å². The van der Waals surface area contributed by atoms with Crippen molar-refractivity contribution < 1.29 is 4.79 Å². The predicted octanol–water partition coefficient (Wildman–Crippen LogP) is 3.83. The Balaban J connectivity index is 1.40. The fourth-order valence-electron chi connectivity index (χ4n) is 2.74. The summed E-state index contributed by atoms with van der Waals surface area (Å²) in [7, 11) is 0. The van der Waals surface area contributed by atoms with Crippen LogP contribution < -0.4 is 0 Å². The fraction of sp³-hybridized carbons (Fsp3) is 0.294. The van der Waals surface area contributed by atoms with Gasteiger partial charge in [-0.1, -0.05) is 12.1 Å². The van der Waals surface area contributed by atoms with Gasteiger partial charge in [-0.25, -0.2) is 4.98 Å². The Morgan fingerprint density at radius 1 is 1.23 bits per heavy atom. The van der Waals surface area contributed by atoms with E-state index in [1.807, 2.05) is 17.0 Å². The monoisotopic (exact) mass is 328 g/mol. The third kappa shape index (κ3) is 2.55. The van der Waals surface area contributed by atoms with Gasteiger partial charge < -0.3 is 4.90 Å². The summed E-state index contributed by atoms with van der Waals surface area (Å²) in [5, 5.41) is 1.16. The van der Waals surface area contributed by atoms with Gasteiger partial charge >= 0.3 is 0 Å². The molecule has 0 atom stereocenters. The van der Waals surface area contributed by atoms with E-state index in [1.165, 1.54) is 9.58 Å². The first-order valence-corrected chi connectivity index (χ1v) is 9.01. The van der Waals surface area contributed by atoms with E-state index in [1.54, 1.807) is 22.7 Å². The standard InChI is InChI=1S/C17H16N2OS2/c1-11-6-7-13(21-11)8-16(20)19-9-12(10-19)17-18-14-4-2-3-5-15(14)22-17/h2-7,12H,8-10H2,1H3. The van der Waals surface area contributed by atoms with Crippen molar-refractivity contribution in [3.8, 4) is 0 Å². The number of amides is 1. The normalized spacial score (nSPS) is 15.2. The van der Waals surface area contributed by atoms with Gasteiger partial charge in [0.1, 0.15) is 5.01 Å². The van der Waals surface area contributed by atoms with Crippen LogP contribution in [0.4, 0.5) is 0 Å². The first kappa shape index (κ1) is 13.9. The molecule has 3 heterocycles. The van der Waals surface area contributed by atoms with Gasteiger partial charge in [-0.3, -0.25) is 4.79 Å². The molecule has 4 rings (SSSR count). The topological polar surface area (TPSA) is 33.2 Å². The number of nitrogens with zero attached hydrogens (tertiary/aromatic N) is 2. The van der Waals surface area contributed by atoms with Crippen LogP contribution in [0.1, 0.15) is 20.7 Å². The van der Waals surface area contributed by atoms with E-state index in [0.717, 1.165) is 28.5 Å². The average Bonchev–Trinajstić information content (AvgIpc) is 3.03. The van der Waals surface area contributed by atoms with Crippen LogP contribution in [0.2, 0.25) is 0 Å². The summed E-state index contributed by atoms with van der Waals surface area (Å²) in [4.78, 5) is 21.3. The molecule has 0 bridgehead atoms. The third-order valence-corrected chi connectivity index (χ3v) is 6.21. The number of para-hydroxylation sites is 1. The number of thiophene rings is 1. The van der Waals surface area contributed by atoms with Crippen LogP contribution in [0.25, 0.3) is 10.2 Å². The molecule has 0 radical (unpaired) electrons. The second kappa shape index (κ2) is 5.48. The predicted molar refractivity (Wildman–Crippen MR) is 91.7 cm³/mol. The molecule has 112 valence electrons. The van der Waals surface area contributed by atoms with Crippen molar-refractivity contribution in [3.63, 3.8) is 0 Å². The van der Waals surface area contributed by atoms with E-state index >= 15 is 0 Å². The Kier molecular flexibility index (Phi) is 3.47. The number of aromatic nitrogens is 1. The van der Waals surface area contributed by atoms with Gasteiger partial charge in [0.15, 0.2) is 0 Å². The van der Waals surface area contributed by atoms with Crippen LogP contribution in [-0.2, 0) is 11.2 Å². The maximum Gasteiger partial charge on any atom is 0.227 e. The first-order valence-electron chi connectivity index (χ1n) is 7.37. The van der Waals surface area contributed by atoms with E-state index in [0.29, 0.717) is 12.3 Å². The van der Waals surface area contributed by atoms with Crippen LogP contribution in [0.15, 0.2) is 36.4 Å². The molecule has 0 unspecified atom stereocenters. The SMILES string of the molecule is Cc1ccc(CC(=O)N2CC(c3nc4ccccc4s3)C2)s1. The van der Waals surface area contributed by atoms with Crippen molar-refractivity contribution in [1.29, 1.82) is 0 Å². The summed E-state index contributed by atoms with van der Waals surface area (Å²) in [6, 6.07) is 12.4. The minimum atomic E-state index is 0.235. The number of fused-ring (bicyclic) bond motifs is 1. The van der Waals surface area contributed by atoms with Crippen molar-refractivity contribution in [2.24, 2.45) is 0 Å². The molecule has 1 fully saturated rings. The van der Waals surface area contributed by atoms with Crippen molar-refractivity contribution in [3.05, 3.63) is 51.2 Å². The van der Waals surface area contributed by atoms with Crippen molar-refractivity contribution in [2.75, 3.05) is 13.1 Å². The lowest BCUT2D eigenvalue weighted by atomic mass is 10.0. The molecular weight excluding hydrogens is 312 g/mol. The van der Waals surface area contributed by atoms with Gasteiger partial charge in [0.2, 0.25) is 5.91 Å². The van der Waals surface area contributed by atoms with Crippen molar-refractivity contribution in [2.45, 2.75) is 19.3 Å². The zero-order valence-corrected chi connectivity index (χ0v) is 13.9. The molecule has 3 nitrogen and oxygen atoms in total. The minimum Gasteiger partial charge on any atom is -0.341 e. The Hall–Kier alpha value is -1.72. The number of rotatable bonds is 3. The second-order valence-corrected chi connectivity index (χ2v) is 8.14. The molecule has 1 amide bonds. The third-order valence-electron chi connectivity index (χ3n) is 4.02. The molecule has 0 spiro atoms. The maximum absolute atomic E-state index is 12.3. The molecule has 1 aliphatic rings. The van der Waals surface area contributed by atoms with E-state index in [2.05, 4.69) is 31.2 Å². The highest BCUT2D eigenvalue weighted by atomic mass is 32.1. The summed E-state index contributed by atoms with van der Waals surface area (Å²) < 4.78 is 1.23. The molecule has 3 aromatic rings. The van der Waals surface area contributed by atoms with Crippen LogP contribution in [0, 0.1) is 6.92 Å². The van der Waals surface area contributed by atoms with Gasteiger partial charge in [0.05, 0.1) is 16.6 Å². The largest absolute Gasteiger partial charge is 0.341 e. The molecule has 0 saturated carbocycles. The number of benzene rings is 1. The molecule has 22 heavy (non-hydrogen) atoms. The van der Waals surface area contributed by atoms with Gasteiger partial charge in [0.25, 0.3) is 0 Å². The van der Waals surface area contributed by atoms with Crippen molar-refractivity contribution >= 4 is 38.8 Å². The average molecular weight is 328 g/mol. The number of hydrogen-bond donors (Lipinski definition) is 0. The Morgan fingerprint density at radius 2 is 2.05 bits per heavy atom. The fourth-order valence-corrected chi connectivity index (χ4v) is 4.68. The first-order chi connectivity index (χ1) is 10.7. The second-order valence-electron chi connectivity index (χ2n) is 5.70. The summed E-state index contributed by atoms with van der Waals surface area (Å²) in [6.07, 6.45) is 0.533. The van der Waals surface area contributed by atoms with E-state index in [-0.39, 0.29) is 5.91 Å². The number of aryl methyl sites for hydroxylation is 1. The van der Waals surface area contributed by atoms with Crippen molar-refractivity contribution in [1.82, 2.24) is 9.88 Å². The Morgan fingerprint density at radius 3 is 2.77 bits per heavy atom. The summed E-state index contributed by atoms with van der Waals surface area (Å²) in [5.41, 5.74) is 1.07. The Labute approximate surface area is 137 Å². The smallest absolute Gasteiger partial charge is 0.227 e. The van der Waals surface area contributed by atoms with E-state index in [4.69, 9.17) is 4.98 Å². The molecule has 2 aromatic heterocycles. The highest BCUT2D eigenvalue weighted by molar-refractivity contribution is 7.18. The molecular formula is C17H16N2OS2. The summed E-state index contributed by atoms with van der Waals surface area (Å²) >= 11 is 3.47. The molecule has 1 saturated heterocycles. The quantitative estimate of drug-likeness (QED) is 0.732. The maximum atomic E-state index is 12.3. The van der Waals surface area contributed by atoms with Crippen LogP contribution in [-0.4, -0.2) is 28.9 Å². The zero-order valence-electron chi connectivity index (χ0n) is 12.3. The van der Waals surface area contributed by atoms with Crippen LogP contribution in [0.3, 0.4) is 0 Å². The minimum absolute atomic E-state index is 0.235. The summed E-state index contributed by atoms with van der Waals surface area (Å²) in [6.45, 7) is 3.69. The van der Waals surface area contributed by atoms with Crippen LogP contribution in [0.5, 0.6) is 0 Å². The number of likely N-dealkylation sites (tertiary alicyclic amines) is 1. The lowest BCUT2D eigenvalue weighted by molar-refractivity contribution is -0.134. The number of thiazole rings is 1. The lowest BCUT2D eigenvalue weighted by Crippen LogP contribution is -2.49. The number of hydrogen-bond acceptors (Lipinski definition) is 4. The molecule has 1 aromatic carbocycles. The number of carbonyl (C=O) groups is 1. The van der Waals surface area contributed by atoms with Gasteiger partial charge in [-0.05, 0) is 31.2 Å². The molecule has 1 aliphatic heterocycles.